The molecule has 0 radical (unpaired) electrons. The average molecular weight is 809 g/mol. The maximum atomic E-state index is 16.2. The topological polar surface area (TPSA) is 184 Å². The molecule has 1 saturated carbocycles. The summed E-state index contributed by atoms with van der Waals surface area (Å²) in [4.78, 5) is 57.6. The number of esters is 1. The van der Waals surface area contributed by atoms with Gasteiger partial charge in [-0.1, -0.05) is 39.8 Å². The first-order chi connectivity index (χ1) is 26.9. The van der Waals surface area contributed by atoms with Crippen molar-refractivity contribution in [3.05, 3.63) is 23.3 Å². The van der Waals surface area contributed by atoms with Crippen LogP contribution in [0.15, 0.2) is 23.3 Å². The van der Waals surface area contributed by atoms with Crippen molar-refractivity contribution < 1.29 is 57.5 Å². The molecule has 324 valence electrons. The van der Waals surface area contributed by atoms with Crippen molar-refractivity contribution in [1.82, 2.24) is 4.90 Å². The number of nitrogens with zero attached hydrogens (tertiary/aromatic N) is 1. The number of fused-ring (bicyclic) bond motifs is 3. The lowest BCUT2D eigenvalue weighted by atomic mass is 9.81. The quantitative estimate of drug-likeness (QED) is 0.196. The molecule has 15 unspecified atom stereocenters. The van der Waals surface area contributed by atoms with Crippen molar-refractivity contribution >= 4 is 23.4 Å². The molecule has 3 aliphatic heterocycles. The predicted molar refractivity (Wildman–Crippen MR) is 210 cm³/mol. The second-order valence-electron chi connectivity index (χ2n) is 17.2. The van der Waals surface area contributed by atoms with Crippen LogP contribution in [0, 0.1) is 29.6 Å². The van der Waals surface area contributed by atoms with Crippen LogP contribution in [0.25, 0.3) is 0 Å². The third kappa shape index (κ3) is 10.8. The van der Waals surface area contributed by atoms with E-state index in [-0.39, 0.29) is 56.1 Å². The maximum absolute atomic E-state index is 16.2. The van der Waals surface area contributed by atoms with E-state index >= 15 is 4.39 Å². The van der Waals surface area contributed by atoms with Gasteiger partial charge in [0.25, 0.3) is 11.7 Å². The van der Waals surface area contributed by atoms with Gasteiger partial charge in [0.1, 0.15) is 30.2 Å². The number of allylic oxidation sites excluding steroid dienone is 3. The van der Waals surface area contributed by atoms with Gasteiger partial charge in [0.2, 0.25) is 5.79 Å². The number of alkyl halides is 1. The number of ether oxygens (including phenoxy) is 5. The van der Waals surface area contributed by atoms with Crippen LogP contribution in [0.4, 0.5) is 4.39 Å². The second kappa shape index (κ2) is 20.6. The van der Waals surface area contributed by atoms with Gasteiger partial charge in [-0.05, 0) is 94.6 Å². The lowest BCUT2D eigenvalue weighted by molar-refractivity contribution is -0.302. The number of aliphatic hydroxyl groups is 2. The lowest BCUT2D eigenvalue weighted by Crippen LogP contribution is -2.64. The zero-order valence-electron chi connectivity index (χ0n) is 35.5. The Balaban J connectivity index is 1.79. The molecule has 0 aromatic rings. The fourth-order valence-electron chi connectivity index (χ4n) is 9.35. The summed E-state index contributed by atoms with van der Waals surface area (Å²) in [6.07, 6.45) is 0.940. The molecular weight excluding hydrogens is 739 g/mol. The summed E-state index contributed by atoms with van der Waals surface area (Å²) in [5.74, 6) is -8.90. The third-order valence-electron chi connectivity index (χ3n) is 13.2. The van der Waals surface area contributed by atoms with Crippen LogP contribution in [-0.2, 0) is 42.9 Å². The van der Waals surface area contributed by atoms with Gasteiger partial charge in [0, 0.05) is 58.1 Å². The number of Topliss-reactive ketones (excluding diaryl/α,β-unsaturated/α-hetero) is 2. The molecule has 1 amide bonds. The molecule has 0 aromatic heterocycles. The van der Waals surface area contributed by atoms with E-state index in [9.17, 15) is 29.4 Å². The molecule has 4 aliphatic rings. The number of aliphatic hydroxyl groups excluding tert-OH is 1. The highest BCUT2D eigenvalue weighted by molar-refractivity contribution is 6.39. The van der Waals surface area contributed by atoms with Crippen LogP contribution in [0.3, 0.4) is 0 Å². The summed E-state index contributed by atoms with van der Waals surface area (Å²) in [5, 5.41) is 23.6. The number of amides is 1. The van der Waals surface area contributed by atoms with Gasteiger partial charge in [-0.3, -0.25) is 14.4 Å². The highest BCUT2D eigenvalue weighted by Gasteiger charge is 2.56. The summed E-state index contributed by atoms with van der Waals surface area (Å²) < 4.78 is 45.8. The number of carbonyl (C=O) groups is 4. The molecule has 2 saturated heterocycles. The Bertz CT molecular complexity index is 1470. The number of hydrogen-bond acceptors (Lipinski definition) is 12. The van der Waals surface area contributed by atoms with E-state index in [2.05, 4.69) is 0 Å². The van der Waals surface area contributed by atoms with E-state index in [1.165, 1.54) is 14.2 Å². The molecular formula is C43H69FN2O11. The van der Waals surface area contributed by atoms with Gasteiger partial charge in [-0.15, -0.1) is 0 Å². The van der Waals surface area contributed by atoms with Crippen LogP contribution in [0.1, 0.15) is 106 Å². The minimum atomic E-state index is -2.59. The van der Waals surface area contributed by atoms with Gasteiger partial charge in [-0.25, -0.2) is 9.18 Å². The molecule has 3 fully saturated rings. The molecule has 14 heteroatoms. The first-order valence-electron chi connectivity index (χ1n) is 20.9. The fourth-order valence-corrected chi connectivity index (χ4v) is 9.35. The summed E-state index contributed by atoms with van der Waals surface area (Å²) in [6, 6.07) is -1.27. The number of carbonyl (C=O) groups excluding carboxylic acids is 4. The van der Waals surface area contributed by atoms with E-state index in [1.54, 1.807) is 40.9 Å². The van der Waals surface area contributed by atoms with Gasteiger partial charge >= 0.3 is 5.97 Å². The number of cyclic esters (lactones) is 1. The fraction of sp³-hybridized carbons (Fsp3) is 0.814. The number of hydrogen-bond donors (Lipinski definition) is 3. The number of piperidine rings is 1. The van der Waals surface area contributed by atoms with Crippen molar-refractivity contribution in [2.24, 2.45) is 35.3 Å². The van der Waals surface area contributed by atoms with Crippen LogP contribution < -0.4 is 5.73 Å². The van der Waals surface area contributed by atoms with Crippen molar-refractivity contribution in [1.29, 1.82) is 0 Å². The number of ketones is 2. The molecule has 4 rings (SSSR count). The number of methoxy groups -OCH3 is 3. The first-order valence-corrected chi connectivity index (χ1v) is 20.9. The second-order valence-corrected chi connectivity index (χ2v) is 17.2. The molecule has 13 nitrogen and oxygen atoms in total. The van der Waals surface area contributed by atoms with E-state index in [0.717, 1.165) is 17.7 Å². The SMILES string of the molecule is CCC1C=C(C)C(F)C(C)CC(OC)C2OC(O)(C(=O)C(=O)N3CCCCC3C(=O)OC(C(C)=CC3CCC(N)C(OC)C3)C(C)C(O)CC1=O)C(C)CC2OC. The lowest BCUT2D eigenvalue weighted by Gasteiger charge is -2.47. The average Bonchev–Trinajstić information content (AvgIpc) is 3.20. The van der Waals surface area contributed by atoms with E-state index in [4.69, 9.17) is 29.4 Å². The number of halogens is 1. The zero-order chi connectivity index (χ0) is 42.4. The summed E-state index contributed by atoms with van der Waals surface area (Å²) in [7, 11) is 4.51. The summed E-state index contributed by atoms with van der Waals surface area (Å²) >= 11 is 0. The van der Waals surface area contributed by atoms with Crippen LogP contribution in [-0.4, -0.2) is 127 Å². The highest BCUT2D eigenvalue weighted by atomic mass is 19.1. The van der Waals surface area contributed by atoms with Crippen molar-refractivity contribution in [3.8, 4) is 0 Å². The van der Waals surface area contributed by atoms with Crippen molar-refractivity contribution in [2.45, 2.75) is 166 Å². The van der Waals surface area contributed by atoms with Crippen LogP contribution in [0.5, 0.6) is 0 Å². The molecule has 57 heavy (non-hydrogen) atoms. The maximum Gasteiger partial charge on any atom is 0.329 e. The molecule has 1 aliphatic carbocycles. The Kier molecular flexibility index (Phi) is 17.0. The van der Waals surface area contributed by atoms with E-state index < -0.39 is 89.9 Å². The smallest absolute Gasteiger partial charge is 0.329 e. The van der Waals surface area contributed by atoms with Crippen molar-refractivity contribution in [2.75, 3.05) is 27.9 Å². The first kappa shape index (κ1) is 47.1. The Morgan fingerprint density at radius 2 is 1.65 bits per heavy atom. The monoisotopic (exact) mass is 808 g/mol. The van der Waals surface area contributed by atoms with Gasteiger partial charge in [-0.2, -0.15) is 0 Å². The minimum Gasteiger partial charge on any atom is -0.456 e. The molecule has 0 spiro atoms. The zero-order valence-corrected chi connectivity index (χ0v) is 35.5. The standard InChI is InChI=1S/C43H69FN2O11/c1-10-29-18-23(2)37(44)24(3)19-35(54-8)39-36(55-9)20-26(5)43(52,57-39)40(49)41(50)46-16-12-11-13-31(46)42(51)56-38(27(6)32(47)22-33(29)48)25(4)17-28-14-15-30(45)34(21-28)53-7/h17-18,24,26-32,34-39,47,52H,10-16,19-22,45H2,1-9H3. The highest BCUT2D eigenvalue weighted by Crippen LogP contribution is 2.39. The summed E-state index contributed by atoms with van der Waals surface area (Å²) in [5.41, 5.74) is 7.28. The van der Waals surface area contributed by atoms with E-state index in [0.29, 0.717) is 36.8 Å². The molecule has 4 N–H and O–H groups in total. The van der Waals surface area contributed by atoms with Crippen LogP contribution in [0.2, 0.25) is 0 Å². The molecule has 0 aromatic carbocycles. The van der Waals surface area contributed by atoms with E-state index in [1.807, 2.05) is 19.9 Å². The normalized spacial score (nSPS) is 41.5. The minimum absolute atomic E-state index is 0.0426. The van der Waals surface area contributed by atoms with Gasteiger partial charge in [0.05, 0.1) is 24.4 Å². The largest absolute Gasteiger partial charge is 0.456 e. The Labute approximate surface area is 338 Å². The van der Waals surface area contributed by atoms with Gasteiger partial charge in [0.15, 0.2) is 0 Å². The van der Waals surface area contributed by atoms with Gasteiger partial charge < -0.3 is 44.5 Å². The Morgan fingerprint density at radius 3 is 2.28 bits per heavy atom. The molecule has 3 heterocycles. The third-order valence-corrected chi connectivity index (χ3v) is 13.2. The van der Waals surface area contributed by atoms with Crippen molar-refractivity contribution in [3.63, 3.8) is 0 Å². The Morgan fingerprint density at radius 1 is 1.00 bits per heavy atom. The molecule has 15 atom stereocenters. The molecule has 2 bridgehead atoms. The summed E-state index contributed by atoms with van der Waals surface area (Å²) in [6.45, 7) is 10.3. The number of rotatable bonds is 6. The number of nitrogens with two attached hydrogens (primary N) is 1. The predicted octanol–water partition coefficient (Wildman–Crippen LogP) is 4.39. The van der Waals surface area contributed by atoms with Crippen LogP contribution >= 0.6 is 0 Å². The Hall–Kier alpha value is -2.59.